The van der Waals surface area contributed by atoms with Crippen LogP contribution in [0, 0.1) is 5.92 Å². The average Bonchev–Trinajstić information content (AvgIpc) is 2.85. The maximum Gasteiger partial charge on any atom is 0.339 e. The molecule has 3 aromatic rings. The second-order valence-electron chi connectivity index (χ2n) is 8.38. The molecule has 2 aromatic carbocycles. The minimum atomic E-state index is -1.12. The maximum absolute atomic E-state index is 12.7. The number of rotatable bonds is 6. The van der Waals surface area contributed by atoms with Gasteiger partial charge in [-0.25, -0.2) is 9.59 Å². The Hall–Kier alpha value is -4.06. The third kappa shape index (κ3) is 3.61. The molecule has 0 radical (unpaired) electrons. The highest BCUT2D eigenvalue weighted by Crippen LogP contribution is 2.66. The summed E-state index contributed by atoms with van der Waals surface area (Å²) in [6.45, 7) is 0. The number of hydrogen-bond acceptors (Lipinski definition) is 6. The first-order chi connectivity index (χ1) is 16.6. The maximum atomic E-state index is 12.7. The lowest BCUT2D eigenvalue weighted by Crippen LogP contribution is -2.63. The smallest absolute Gasteiger partial charge is 0.339 e. The number of ether oxygens (including phenoxy) is 3. The summed E-state index contributed by atoms with van der Waals surface area (Å²) in [5.41, 5.74) is 0.328. The molecule has 1 aromatic heterocycles. The van der Waals surface area contributed by atoms with E-state index in [1.54, 1.807) is 13.2 Å². The normalized spacial score (nSPS) is 25.6. The zero-order chi connectivity index (χ0) is 23.7. The highest BCUT2D eigenvalue weighted by Gasteiger charge is 2.68. The highest BCUT2D eigenvalue weighted by atomic mass is 16.6. The van der Waals surface area contributed by atoms with Crippen molar-refractivity contribution in [2.24, 2.45) is 5.92 Å². The number of carbonyl (C=O) groups excluding carboxylic acids is 1. The Morgan fingerprint density at radius 1 is 0.882 bits per heavy atom. The summed E-state index contributed by atoms with van der Waals surface area (Å²) in [6, 6.07) is 22.6. The molecule has 5 rings (SSSR count). The van der Waals surface area contributed by atoms with Gasteiger partial charge in [-0.3, -0.25) is 0 Å². The van der Waals surface area contributed by atoms with Crippen molar-refractivity contribution in [3.8, 4) is 5.75 Å². The number of hydrogen-bond donors (Lipinski definition) is 0. The van der Waals surface area contributed by atoms with Crippen molar-refractivity contribution < 1.29 is 23.4 Å². The number of methoxy groups -OCH3 is 2. The van der Waals surface area contributed by atoms with Gasteiger partial charge >= 0.3 is 11.6 Å². The van der Waals surface area contributed by atoms with Gasteiger partial charge in [0.05, 0.1) is 38.2 Å². The van der Waals surface area contributed by atoms with Crippen LogP contribution in [0.25, 0.3) is 6.08 Å². The van der Waals surface area contributed by atoms with Crippen molar-refractivity contribution in [1.29, 1.82) is 0 Å². The second kappa shape index (κ2) is 8.71. The zero-order valence-electron chi connectivity index (χ0n) is 18.8. The van der Waals surface area contributed by atoms with E-state index in [-0.39, 0.29) is 11.8 Å². The minimum Gasteiger partial charge on any atom is -0.500 e. The molecule has 0 saturated heterocycles. The van der Waals surface area contributed by atoms with E-state index in [1.807, 2.05) is 72.8 Å². The first kappa shape index (κ1) is 21.8. The Morgan fingerprint density at radius 2 is 1.59 bits per heavy atom. The number of carbonyl (C=O) groups is 1. The van der Waals surface area contributed by atoms with Gasteiger partial charge in [-0.15, -0.1) is 0 Å². The van der Waals surface area contributed by atoms with E-state index >= 15 is 0 Å². The standard InChI is InChI=1S/C28H24O6/c1-31-20-15-22(33-23(29)16-20)27-25(19-11-7-4-8-12-19)26-21(32-2)17-24(30)34-28(26,27)14-13-18-9-5-3-6-10-18/h3-17,25-27H,1-2H3/b14-13+. The van der Waals surface area contributed by atoms with Gasteiger partial charge in [0.2, 0.25) is 0 Å². The summed E-state index contributed by atoms with van der Waals surface area (Å²) in [5.74, 6) is -0.164. The number of benzene rings is 2. The van der Waals surface area contributed by atoms with Crippen LogP contribution in [0.1, 0.15) is 28.7 Å². The number of fused-ring (bicyclic) bond motifs is 1. The Morgan fingerprint density at radius 3 is 2.26 bits per heavy atom. The van der Waals surface area contributed by atoms with Crippen LogP contribution in [-0.2, 0) is 14.3 Å². The van der Waals surface area contributed by atoms with Crippen LogP contribution in [0.2, 0.25) is 0 Å². The average molecular weight is 456 g/mol. The minimum absolute atomic E-state index is 0.170. The van der Waals surface area contributed by atoms with Crippen LogP contribution < -0.4 is 10.4 Å². The van der Waals surface area contributed by atoms with Gasteiger partial charge in [0.25, 0.3) is 0 Å². The molecule has 0 N–H and O–H groups in total. The Bertz CT molecular complexity index is 1310. The predicted octanol–water partition coefficient (Wildman–Crippen LogP) is 4.68. The lowest BCUT2D eigenvalue weighted by molar-refractivity contribution is -0.182. The van der Waals surface area contributed by atoms with E-state index in [2.05, 4.69) is 0 Å². The molecule has 6 heteroatoms. The Balaban J connectivity index is 1.72. The van der Waals surface area contributed by atoms with E-state index in [0.29, 0.717) is 17.3 Å². The molecular formula is C28H24O6. The fraction of sp³-hybridized carbons (Fsp3) is 0.214. The summed E-state index contributed by atoms with van der Waals surface area (Å²) >= 11 is 0. The predicted molar refractivity (Wildman–Crippen MR) is 126 cm³/mol. The van der Waals surface area contributed by atoms with Gasteiger partial charge in [-0.1, -0.05) is 66.7 Å². The Labute approximate surface area is 197 Å². The van der Waals surface area contributed by atoms with Crippen molar-refractivity contribution in [1.82, 2.24) is 0 Å². The quantitative estimate of drug-likeness (QED) is 0.501. The van der Waals surface area contributed by atoms with Gasteiger partial charge in [0.1, 0.15) is 17.3 Å². The molecule has 1 aliphatic heterocycles. The highest BCUT2D eigenvalue weighted by molar-refractivity contribution is 5.85. The molecule has 2 aliphatic rings. The van der Waals surface area contributed by atoms with Crippen LogP contribution in [0.15, 0.2) is 99.9 Å². The molecule has 0 amide bonds. The Kier molecular flexibility index (Phi) is 5.57. The summed E-state index contributed by atoms with van der Waals surface area (Å²) in [6.07, 6.45) is 5.21. The molecule has 4 atom stereocenters. The molecule has 34 heavy (non-hydrogen) atoms. The molecule has 6 nitrogen and oxygen atoms in total. The molecule has 1 fully saturated rings. The van der Waals surface area contributed by atoms with E-state index in [9.17, 15) is 9.59 Å². The van der Waals surface area contributed by atoms with E-state index in [1.165, 1.54) is 19.3 Å². The summed E-state index contributed by atoms with van der Waals surface area (Å²) < 4.78 is 22.8. The van der Waals surface area contributed by atoms with Gasteiger partial charge in [0, 0.05) is 12.0 Å². The molecule has 2 heterocycles. The molecule has 172 valence electrons. The SMILES string of the molecule is COC1=CC(=O)OC2(/C=C/c3ccccc3)C1C(c1ccccc1)C2c1cc(OC)cc(=O)o1. The van der Waals surface area contributed by atoms with Gasteiger partial charge in [-0.05, 0) is 17.2 Å². The fourth-order valence-electron chi connectivity index (χ4n) is 5.19. The molecule has 0 bridgehead atoms. The summed E-state index contributed by atoms with van der Waals surface area (Å²) in [7, 11) is 3.05. The monoisotopic (exact) mass is 456 g/mol. The lowest BCUT2D eigenvalue weighted by atomic mass is 9.49. The van der Waals surface area contributed by atoms with E-state index in [0.717, 1.165) is 11.1 Å². The first-order valence-electron chi connectivity index (χ1n) is 11.0. The van der Waals surface area contributed by atoms with Crippen molar-refractivity contribution in [3.05, 3.63) is 118 Å². The van der Waals surface area contributed by atoms with Crippen LogP contribution in [0.4, 0.5) is 0 Å². The molecule has 4 unspecified atom stereocenters. The van der Waals surface area contributed by atoms with Crippen LogP contribution in [0.3, 0.4) is 0 Å². The molecule has 1 saturated carbocycles. The third-order valence-corrected chi connectivity index (χ3v) is 6.60. The largest absolute Gasteiger partial charge is 0.500 e. The topological polar surface area (TPSA) is 75.0 Å². The molecule has 0 spiro atoms. The molecule has 1 aliphatic carbocycles. The number of esters is 1. The van der Waals surface area contributed by atoms with Crippen molar-refractivity contribution in [3.63, 3.8) is 0 Å². The van der Waals surface area contributed by atoms with E-state index in [4.69, 9.17) is 18.6 Å². The van der Waals surface area contributed by atoms with Crippen molar-refractivity contribution in [2.75, 3.05) is 14.2 Å². The first-order valence-corrected chi connectivity index (χ1v) is 11.0. The van der Waals surface area contributed by atoms with Crippen LogP contribution in [-0.4, -0.2) is 25.8 Å². The van der Waals surface area contributed by atoms with Gasteiger partial charge < -0.3 is 18.6 Å². The molecular weight excluding hydrogens is 432 g/mol. The van der Waals surface area contributed by atoms with E-state index < -0.39 is 23.1 Å². The zero-order valence-corrected chi connectivity index (χ0v) is 18.8. The van der Waals surface area contributed by atoms with Crippen LogP contribution >= 0.6 is 0 Å². The van der Waals surface area contributed by atoms with Gasteiger partial charge in [-0.2, -0.15) is 0 Å². The van der Waals surface area contributed by atoms with Crippen LogP contribution in [0.5, 0.6) is 5.75 Å². The second-order valence-corrected chi connectivity index (χ2v) is 8.38. The fourth-order valence-corrected chi connectivity index (χ4v) is 5.19. The van der Waals surface area contributed by atoms with Crippen molar-refractivity contribution >= 4 is 12.0 Å². The third-order valence-electron chi connectivity index (χ3n) is 6.60. The lowest BCUT2D eigenvalue weighted by Gasteiger charge is -2.59. The van der Waals surface area contributed by atoms with Crippen molar-refractivity contribution in [2.45, 2.75) is 17.4 Å². The summed E-state index contributed by atoms with van der Waals surface area (Å²) in [4.78, 5) is 25.1. The summed E-state index contributed by atoms with van der Waals surface area (Å²) in [5, 5.41) is 0. The van der Waals surface area contributed by atoms with Gasteiger partial charge in [0.15, 0.2) is 5.60 Å².